The predicted octanol–water partition coefficient (Wildman–Crippen LogP) is 4.10. The second-order valence-corrected chi connectivity index (χ2v) is 9.14. The Hall–Kier alpha value is -2.80. The van der Waals surface area contributed by atoms with E-state index in [4.69, 9.17) is 0 Å². The molecule has 162 valence electrons. The van der Waals surface area contributed by atoms with Crippen molar-refractivity contribution in [3.63, 3.8) is 0 Å². The molecule has 2 heterocycles. The molecule has 1 aliphatic rings. The van der Waals surface area contributed by atoms with Crippen molar-refractivity contribution in [2.75, 3.05) is 31.1 Å². The van der Waals surface area contributed by atoms with Gasteiger partial charge in [0, 0.05) is 44.0 Å². The lowest BCUT2D eigenvalue weighted by atomic mass is 10.1. The molecule has 1 amide bonds. The number of anilines is 1. The summed E-state index contributed by atoms with van der Waals surface area (Å²) in [6, 6.07) is 18.7. The summed E-state index contributed by atoms with van der Waals surface area (Å²) in [6.45, 7) is 10.1. The number of rotatable bonds is 6. The first-order valence-electron chi connectivity index (χ1n) is 10.8. The number of nitrogens with zero attached hydrogens (tertiary/aromatic N) is 5. The molecule has 0 bridgehead atoms. The molecule has 1 unspecified atom stereocenters. The van der Waals surface area contributed by atoms with E-state index in [2.05, 4.69) is 76.0 Å². The molecule has 0 N–H and O–H groups in total. The zero-order valence-electron chi connectivity index (χ0n) is 18.4. The Kier molecular flexibility index (Phi) is 6.61. The first-order valence-corrected chi connectivity index (χ1v) is 11.7. The molecule has 0 radical (unpaired) electrons. The largest absolute Gasteiger partial charge is 0.368 e. The number of carbonyl (C=O) groups excluding carboxylic acids is 1. The van der Waals surface area contributed by atoms with Crippen LogP contribution >= 0.6 is 11.8 Å². The third-order valence-electron chi connectivity index (χ3n) is 5.65. The van der Waals surface area contributed by atoms with Gasteiger partial charge in [0.05, 0.1) is 5.25 Å². The highest BCUT2D eigenvalue weighted by Gasteiger charge is 2.27. The van der Waals surface area contributed by atoms with Crippen molar-refractivity contribution in [1.29, 1.82) is 0 Å². The van der Waals surface area contributed by atoms with E-state index >= 15 is 0 Å². The van der Waals surface area contributed by atoms with Gasteiger partial charge in [-0.15, -0.1) is 10.2 Å². The van der Waals surface area contributed by atoms with Crippen molar-refractivity contribution in [2.45, 2.75) is 37.7 Å². The topological polar surface area (TPSA) is 54.3 Å². The monoisotopic (exact) mass is 435 g/mol. The zero-order valence-corrected chi connectivity index (χ0v) is 19.2. The number of amides is 1. The van der Waals surface area contributed by atoms with Gasteiger partial charge in [0.25, 0.3) is 0 Å². The van der Waals surface area contributed by atoms with E-state index < -0.39 is 0 Å². The van der Waals surface area contributed by atoms with Crippen molar-refractivity contribution in [2.24, 2.45) is 0 Å². The fraction of sp³-hybridized carbons (Fsp3) is 0.375. The molecular formula is C24H29N5OS. The molecule has 31 heavy (non-hydrogen) atoms. The molecule has 2 aromatic carbocycles. The smallest absolute Gasteiger partial charge is 0.236 e. The summed E-state index contributed by atoms with van der Waals surface area (Å²) in [5, 5.41) is 9.43. The van der Waals surface area contributed by atoms with Gasteiger partial charge in [-0.05, 0) is 39.0 Å². The van der Waals surface area contributed by atoms with Gasteiger partial charge in [-0.1, -0.05) is 53.7 Å². The van der Waals surface area contributed by atoms with Gasteiger partial charge in [0.1, 0.15) is 0 Å². The molecule has 1 aliphatic heterocycles. The Bertz CT molecular complexity index is 1030. The Balaban J connectivity index is 1.40. The zero-order chi connectivity index (χ0) is 21.8. The lowest BCUT2D eigenvalue weighted by Gasteiger charge is -2.37. The van der Waals surface area contributed by atoms with E-state index in [0.717, 1.165) is 49.3 Å². The van der Waals surface area contributed by atoms with E-state index in [1.807, 2.05) is 24.0 Å². The molecule has 1 aromatic heterocycles. The fourth-order valence-corrected chi connectivity index (χ4v) is 4.95. The number of aromatic nitrogens is 3. The Morgan fingerprint density at radius 3 is 2.45 bits per heavy atom. The molecule has 0 saturated carbocycles. The van der Waals surface area contributed by atoms with Crippen LogP contribution < -0.4 is 4.90 Å². The second kappa shape index (κ2) is 9.56. The van der Waals surface area contributed by atoms with Gasteiger partial charge in [-0.3, -0.25) is 4.79 Å². The number of benzene rings is 2. The van der Waals surface area contributed by atoms with E-state index in [9.17, 15) is 4.79 Å². The molecule has 6 nitrogen and oxygen atoms in total. The number of para-hydroxylation sites is 1. The van der Waals surface area contributed by atoms with Crippen LogP contribution in [0.15, 0.2) is 59.8 Å². The third-order valence-corrected chi connectivity index (χ3v) is 6.72. The highest BCUT2D eigenvalue weighted by atomic mass is 32.2. The number of carbonyl (C=O) groups is 1. The molecular weight excluding hydrogens is 406 g/mol. The molecule has 0 aliphatic carbocycles. The molecule has 4 rings (SSSR count). The summed E-state index contributed by atoms with van der Waals surface area (Å²) in [4.78, 5) is 17.4. The Morgan fingerprint density at radius 1 is 1.03 bits per heavy atom. The van der Waals surface area contributed by atoms with Gasteiger partial charge < -0.3 is 14.4 Å². The average Bonchev–Trinajstić information content (AvgIpc) is 3.21. The van der Waals surface area contributed by atoms with Gasteiger partial charge >= 0.3 is 0 Å². The van der Waals surface area contributed by atoms with Crippen molar-refractivity contribution < 1.29 is 4.79 Å². The van der Waals surface area contributed by atoms with Crippen molar-refractivity contribution in [1.82, 2.24) is 19.7 Å². The highest BCUT2D eigenvalue weighted by molar-refractivity contribution is 8.00. The summed E-state index contributed by atoms with van der Waals surface area (Å²) in [7, 11) is 0. The minimum atomic E-state index is -0.205. The summed E-state index contributed by atoms with van der Waals surface area (Å²) in [5.41, 5.74) is 3.46. The van der Waals surface area contributed by atoms with Crippen LogP contribution in [0.2, 0.25) is 0 Å². The lowest BCUT2D eigenvalue weighted by Crippen LogP contribution is -2.50. The maximum atomic E-state index is 13.1. The van der Waals surface area contributed by atoms with Crippen LogP contribution in [-0.4, -0.2) is 57.0 Å². The Labute approximate surface area is 188 Å². The summed E-state index contributed by atoms with van der Waals surface area (Å²) >= 11 is 1.50. The SMILES string of the molecule is CCn1c(SC(C)C(=O)N2CCN(c3ccccc3)CC2)nnc1-c1cccc(C)c1. The first kappa shape index (κ1) is 21.4. The maximum Gasteiger partial charge on any atom is 0.236 e. The van der Waals surface area contributed by atoms with E-state index in [-0.39, 0.29) is 11.2 Å². The second-order valence-electron chi connectivity index (χ2n) is 7.83. The maximum absolute atomic E-state index is 13.1. The number of aryl methyl sites for hydroxylation is 1. The predicted molar refractivity (Wildman–Crippen MR) is 126 cm³/mol. The van der Waals surface area contributed by atoms with E-state index in [1.54, 1.807) is 0 Å². The van der Waals surface area contributed by atoms with Gasteiger partial charge in [-0.25, -0.2) is 0 Å². The fourth-order valence-electron chi connectivity index (χ4n) is 3.95. The summed E-state index contributed by atoms with van der Waals surface area (Å²) < 4.78 is 2.09. The van der Waals surface area contributed by atoms with Crippen LogP contribution in [0.3, 0.4) is 0 Å². The summed E-state index contributed by atoms with van der Waals surface area (Å²) in [5.74, 6) is 1.02. The van der Waals surface area contributed by atoms with E-state index in [1.165, 1.54) is 23.0 Å². The normalized spacial score (nSPS) is 15.2. The van der Waals surface area contributed by atoms with Gasteiger partial charge in [0.15, 0.2) is 11.0 Å². The molecule has 1 fully saturated rings. The number of hydrogen-bond donors (Lipinski definition) is 0. The van der Waals surface area contributed by atoms with Gasteiger partial charge in [0.2, 0.25) is 5.91 Å². The minimum absolute atomic E-state index is 0.167. The van der Waals surface area contributed by atoms with Crippen LogP contribution in [0.4, 0.5) is 5.69 Å². The van der Waals surface area contributed by atoms with Crippen molar-refractivity contribution >= 4 is 23.4 Å². The van der Waals surface area contributed by atoms with Crippen LogP contribution in [0.1, 0.15) is 19.4 Å². The quantitative estimate of drug-likeness (QED) is 0.546. The van der Waals surface area contributed by atoms with Crippen LogP contribution in [0, 0.1) is 6.92 Å². The van der Waals surface area contributed by atoms with Crippen LogP contribution in [0.5, 0.6) is 0 Å². The third kappa shape index (κ3) is 4.77. The van der Waals surface area contributed by atoms with Crippen molar-refractivity contribution in [3.05, 3.63) is 60.2 Å². The molecule has 3 aromatic rings. The molecule has 1 saturated heterocycles. The number of piperazine rings is 1. The molecule has 7 heteroatoms. The standard InChI is InChI=1S/C24H29N5OS/c1-4-29-22(20-10-8-9-18(2)17-20)25-26-24(29)31-19(3)23(30)28-15-13-27(14-16-28)21-11-6-5-7-12-21/h5-12,17,19H,4,13-16H2,1-3H3. The first-order chi connectivity index (χ1) is 15.1. The minimum Gasteiger partial charge on any atom is -0.368 e. The van der Waals surface area contributed by atoms with Crippen molar-refractivity contribution in [3.8, 4) is 11.4 Å². The van der Waals surface area contributed by atoms with Crippen LogP contribution in [0.25, 0.3) is 11.4 Å². The highest BCUT2D eigenvalue weighted by Crippen LogP contribution is 2.28. The van der Waals surface area contributed by atoms with Gasteiger partial charge in [-0.2, -0.15) is 0 Å². The summed E-state index contributed by atoms with van der Waals surface area (Å²) in [6.07, 6.45) is 0. The average molecular weight is 436 g/mol. The van der Waals surface area contributed by atoms with Crippen LogP contribution in [-0.2, 0) is 11.3 Å². The van der Waals surface area contributed by atoms with E-state index in [0.29, 0.717) is 0 Å². The lowest BCUT2D eigenvalue weighted by molar-refractivity contribution is -0.130. The number of hydrogen-bond acceptors (Lipinski definition) is 5. The Morgan fingerprint density at radius 2 is 1.77 bits per heavy atom. The molecule has 0 spiro atoms. The number of thioether (sulfide) groups is 1. The molecule has 1 atom stereocenters.